The Kier molecular flexibility index (Phi) is 5.71. The molecule has 0 radical (unpaired) electrons. The van der Waals surface area contributed by atoms with Gasteiger partial charge in [-0.3, -0.25) is 15.6 Å². The molecule has 0 aliphatic carbocycles. The van der Waals surface area contributed by atoms with Crippen molar-refractivity contribution in [2.45, 2.75) is 11.8 Å². The Bertz CT molecular complexity index is 1070. The molecule has 1 amide bonds. The van der Waals surface area contributed by atoms with Crippen molar-refractivity contribution < 1.29 is 22.7 Å². The van der Waals surface area contributed by atoms with Gasteiger partial charge in [0.05, 0.1) is 19.1 Å². The maximum Gasteiger partial charge on any atom is 0.253 e. The van der Waals surface area contributed by atoms with Crippen LogP contribution in [0.5, 0.6) is 11.5 Å². The number of sulfone groups is 1. The first-order valence-electron chi connectivity index (χ1n) is 8.20. The highest BCUT2D eigenvalue weighted by molar-refractivity contribution is 7.92. The topological polar surface area (TPSA) is 107 Å². The predicted molar refractivity (Wildman–Crippen MR) is 108 cm³/mol. The molecular weight excluding hydrogens is 402 g/mol. The minimum atomic E-state index is -3.74. The molecule has 3 rings (SSSR count). The molecule has 10 heteroatoms. The van der Waals surface area contributed by atoms with E-state index in [0.717, 1.165) is 10.3 Å². The van der Waals surface area contributed by atoms with Crippen LogP contribution < -0.4 is 20.3 Å². The van der Waals surface area contributed by atoms with Crippen molar-refractivity contribution in [2.75, 3.05) is 25.4 Å². The smallest absolute Gasteiger partial charge is 0.253 e. The van der Waals surface area contributed by atoms with Crippen LogP contribution >= 0.6 is 11.3 Å². The third kappa shape index (κ3) is 4.18. The fraction of sp³-hybridized carbons (Fsp3) is 0.222. The van der Waals surface area contributed by atoms with Crippen molar-refractivity contribution in [1.82, 2.24) is 10.4 Å². The maximum atomic E-state index is 12.3. The lowest BCUT2D eigenvalue weighted by molar-refractivity contribution is -0.118. The van der Waals surface area contributed by atoms with E-state index in [9.17, 15) is 13.2 Å². The van der Waals surface area contributed by atoms with Crippen LogP contribution in [0.2, 0.25) is 0 Å². The van der Waals surface area contributed by atoms with Crippen molar-refractivity contribution in [2.24, 2.45) is 0 Å². The van der Waals surface area contributed by atoms with Gasteiger partial charge in [-0.05, 0) is 31.2 Å². The number of rotatable bonds is 7. The second-order valence-electron chi connectivity index (χ2n) is 5.91. The normalized spacial score (nSPS) is 11.2. The summed E-state index contributed by atoms with van der Waals surface area (Å²) < 4.78 is 36.0. The Labute approximate surface area is 166 Å². The van der Waals surface area contributed by atoms with Gasteiger partial charge in [-0.2, -0.15) is 0 Å². The van der Waals surface area contributed by atoms with E-state index in [4.69, 9.17) is 9.47 Å². The zero-order chi connectivity index (χ0) is 20.3. The number of nitrogens with zero attached hydrogens (tertiary/aromatic N) is 1. The molecule has 0 aliphatic heterocycles. The van der Waals surface area contributed by atoms with Crippen LogP contribution in [0.15, 0.2) is 41.3 Å². The van der Waals surface area contributed by atoms with Crippen molar-refractivity contribution >= 4 is 42.4 Å². The molecule has 0 fully saturated rings. The number of hydrogen-bond donors (Lipinski definition) is 2. The second-order valence-corrected chi connectivity index (χ2v) is 8.90. The van der Waals surface area contributed by atoms with E-state index in [1.807, 2.05) is 6.92 Å². The number of benzene rings is 2. The number of nitrogens with one attached hydrogen (secondary N) is 2. The summed E-state index contributed by atoms with van der Waals surface area (Å²) in [4.78, 5) is 16.6. The number of fused-ring (bicyclic) bond motifs is 1. The lowest BCUT2D eigenvalue weighted by Gasteiger charge is -2.07. The molecule has 2 aromatic carbocycles. The van der Waals surface area contributed by atoms with Crippen molar-refractivity contribution in [1.29, 1.82) is 0 Å². The largest absolute Gasteiger partial charge is 0.495 e. The number of carbonyl (C=O) groups excluding carboxylic acids is 1. The summed E-state index contributed by atoms with van der Waals surface area (Å²) in [6.07, 6.45) is 0. The zero-order valence-corrected chi connectivity index (χ0v) is 17.1. The number of anilines is 1. The average molecular weight is 422 g/mol. The third-order valence-corrected chi connectivity index (χ3v) is 6.54. The monoisotopic (exact) mass is 421 g/mol. The SMILES string of the molecule is COc1ccc(OC)c2sc(NNC(=O)CS(=O)(=O)c3ccc(C)cc3)nc12. The first kappa shape index (κ1) is 19.9. The molecule has 0 aliphatic rings. The van der Waals surface area contributed by atoms with Crippen molar-refractivity contribution in [3.8, 4) is 11.5 Å². The Morgan fingerprint density at radius 3 is 2.36 bits per heavy atom. The molecule has 0 atom stereocenters. The summed E-state index contributed by atoms with van der Waals surface area (Å²) in [5.41, 5.74) is 6.54. The maximum absolute atomic E-state index is 12.3. The molecule has 0 bridgehead atoms. The molecule has 148 valence electrons. The van der Waals surface area contributed by atoms with Gasteiger partial charge in [0, 0.05) is 0 Å². The molecular formula is C18H19N3O5S2. The van der Waals surface area contributed by atoms with E-state index in [1.54, 1.807) is 31.4 Å². The molecule has 1 heterocycles. The Morgan fingerprint density at radius 1 is 1.07 bits per heavy atom. The van der Waals surface area contributed by atoms with E-state index >= 15 is 0 Å². The van der Waals surface area contributed by atoms with Crippen molar-refractivity contribution in [3.05, 3.63) is 42.0 Å². The van der Waals surface area contributed by atoms with Gasteiger partial charge in [0.1, 0.15) is 27.5 Å². The number of aryl methyl sites for hydroxylation is 1. The van der Waals surface area contributed by atoms with Gasteiger partial charge >= 0.3 is 0 Å². The van der Waals surface area contributed by atoms with Gasteiger partial charge in [-0.1, -0.05) is 29.0 Å². The van der Waals surface area contributed by atoms with Gasteiger partial charge in [-0.15, -0.1) is 0 Å². The highest BCUT2D eigenvalue weighted by Gasteiger charge is 2.20. The standard InChI is InChI=1S/C18H19N3O5S2/c1-11-4-6-12(7-5-11)28(23,24)10-15(22)20-21-18-19-16-13(25-2)8-9-14(26-3)17(16)27-18/h4-9H,10H2,1-3H3,(H,19,21)(H,20,22). The number of ether oxygens (including phenoxy) is 2. The number of carbonyl (C=O) groups is 1. The summed E-state index contributed by atoms with van der Waals surface area (Å²) in [7, 11) is -0.655. The first-order valence-corrected chi connectivity index (χ1v) is 10.7. The van der Waals surface area contributed by atoms with Crippen LogP contribution in [0, 0.1) is 6.92 Å². The lowest BCUT2D eigenvalue weighted by Crippen LogP contribution is -2.34. The third-order valence-electron chi connectivity index (χ3n) is 3.92. The van der Waals surface area contributed by atoms with Crippen LogP contribution in [0.1, 0.15) is 5.56 Å². The predicted octanol–water partition coefficient (Wildman–Crippen LogP) is 2.54. The summed E-state index contributed by atoms with van der Waals surface area (Å²) in [6.45, 7) is 1.86. The number of methoxy groups -OCH3 is 2. The highest BCUT2D eigenvalue weighted by Crippen LogP contribution is 2.38. The van der Waals surface area contributed by atoms with Gasteiger partial charge in [0.2, 0.25) is 5.13 Å². The lowest BCUT2D eigenvalue weighted by atomic mass is 10.2. The summed E-state index contributed by atoms with van der Waals surface area (Å²) >= 11 is 1.24. The average Bonchev–Trinajstić information content (AvgIpc) is 3.10. The number of amides is 1. The van der Waals surface area contributed by atoms with E-state index in [2.05, 4.69) is 15.8 Å². The van der Waals surface area contributed by atoms with Crippen LogP contribution in [0.3, 0.4) is 0 Å². The van der Waals surface area contributed by atoms with E-state index < -0.39 is 21.5 Å². The number of aromatic nitrogens is 1. The first-order chi connectivity index (χ1) is 13.3. The molecule has 2 N–H and O–H groups in total. The van der Waals surface area contributed by atoms with Gasteiger partial charge in [0.25, 0.3) is 5.91 Å². The van der Waals surface area contributed by atoms with Crippen LogP contribution in [-0.4, -0.2) is 39.3 Å². The molecule has 0 unspecified atom stereocenters. The second kappa shape index (κ2) is 8.03. The number of thiazole rings is 1. The van der Waals surface area contributed by atoms with Gasteiger partial charge < -0.3 is 9.47 Å². The molecule has 8 nitrogen and oxygen atoms in total. The fourth-order valence-electron chi connectivity index (χ4n) is 2.50. The number of hydrogen-bond acceptors (Lipinski definition) is 8. The van der Waals surface area contributed by atoms with Crippen LogP contribution in [0.4, 0.5) is 5.13 Å². The fourth-order valence-corrected chi connectivity index (χ4v) is 4.56. The van der Waals surface area contributed by atoms with E-state index in [1.165, 1.54) is 30.6 Å². The highest BCUT2D eigenvalue weighted by atomic mass is 32.2. The molecule has 3 aromatic rings. The quantitative estimate of drug-likeness (QED) is 0.565. The zero-order valence-electron chi connectivity index (χ0n) is 15.5. The Balaban J connectivity index is 1.71. The molecule has 28 heavy (non-hydrogen) atoms. The van der Waals surface area contributed by atoms with Crippen LogP contribution in [0.25, 0.3) is 10.2 Å². The van der Waals surface area contributed by atoms with Crippen molar-refractivity contribution in [3.63, 3.8) is 0 Å². The van der Waals surface area contributed by atoms with Gasteiger partial charge in [-0.25, -0.2) is 13.4 Å². The molecule has 0 saturated carbocycles. The van der Waals surface area contributed by atoms with Crippen LogP contribution in [-0.2, 0) is 14.6 Å². The Hall–Kier alpha value is -2.85. The molecule has 0 spiro atoms. The Morgan fingerprint density at radius 2 is 1.71 bits per heavy atom. The molecule has 0 saturated heterocycles. The minimum Gasteiger partial charge on any atom is -0.495 e. The molecule has 1 aromatic heterocycles. The minimum absolute atomic E-state index is 0.0997. The summed E-state index contributed by atoms with van der Waals surface area (Å²) in [6, 6.07) is 9.83. The summed E-state index contributed by atoms with van der Waals surface area (Å²) in [5.74, 6) is -0.192. The van der Waals surface area contributed by atoms with E-state index in [-0.39, 0.29) is 4.90 Å². The summed E-state index contributed by atoms with van der Waals surface area (Å²) in [5, 5.41) is 0.374. The van der Waals surface area contributed by atoms with Gasteiger partial charge in [0.15, 0.2) is 9.84 Å². The number of hydrazine groups is 1. The van der Waals surface area contributed by atoms with E-state index in [0.29, 0.717) is 22.1 Å².